The molecule has 0 N–H and O–H groups in total. The Labute approximate surface area is 128 Å². The molecule has 1 aromatic rings. The highest BCUT2D eigenvalue weighted by atomic mass is 16.2. The largest absolute Gasteiger partial charge is 0.295 e. The Hall–Kier alpha value is -2.23. The SMILES string of the molecule is CC(=O)c1cccc(N2C(=O)[C@@H]3[C@@H](C2=O)[C@H]2C=C[C@@H]3CC2)c1. The van der Waals surface area contributed by atoms with Gasteiger partial charge < -0.3 is 0 Å². The zero-order valence-corrected chi connectivity index (χ0v) is 12.4. The lowest BCUT2D eigenvalue weighted by molar-refractivity contribution is -0.124. The number of Topliss-reactive ketones (excluding diaryl/α,β-unsaturated/α-hetero) is 1. The maximum Gasteiger partial charge on any atom is 0.238 e. The van der Waals surface area contributed by atoms with Crippen LogP contribution in [0.3, 0.4) is 0 Å². The number of hydrogen-bond acceptors (Lipinski definition) is 3. The maximum absolute atomic E-state index is 12.8. The summed E-state index contributed by atoms with van der Waals surface area (Å²) < 4.78 is 0. The summed E-state index contributed by atoms with van der Waals surface area (Å²) in [7, 11) is 0. The van der Waals surface area contributed by atoms with Crippen LogP contribution in [0.5, 0.6) is 0 Å². The van der Waals surface area contributed by atoms with Crippen LogP contribution in [-0.2, 0) is 9.59 Å². The van der Waals surface area contributed by atoms with Gasteiger partial charge in [0.25, 0.3) is 0 Å². The number of hydrogen-bond donors (Lipinski definition) is 0. The Morgan fingerprint density at radius 1 is 1.05 bits per heavy atom. The number of imide groups is 1. The Bertz CT molecular complexity index is 689. The average Bonchev–Trinajstić information content (AvgIpc) is 2.82. The normalized spacial score (nSPS) is 32.5. The van der Waals surface area contributed by atoms with Crippen LogP contribution in [-0.4, -0.2) is 17.6 Å². The van der Waals surface area contributed by atoms with Crippen molar-refractivity contribution in [1.29, 1.82) is 0 Å². The van der Waals surface area contributed by atoms with Crippen LogP contribution in [0.4, 0.5) is 5.69 Å². The van der Waals surface area contributed by atoms with E-state index in [1.54, 1.807) is 24.3 Å². The number of ketones is 1. The van der Waals surface area contributed by atoms with Crippen LogP contribution in [0, 0.1) is 23.7 Å². The number of allylic oxidation sites excluding steroid dienone is 2. The Morgan fingerprint density at radius 3 is 2.14 bits per heavy atom. The second-order valence-electron chi connectivity index (χ2n) is 6.46. The standard InChI is InChI=1S/C18H17NO3/c1-10(20)13-3-2-4-14(9-13)19-17(21)15-11-5-6-12(8-7-11)16(15)18(19)22/h2-6,9,11-12,15-16H,7-8H2,1H3/t11-,12+,15-,16-/m0/s1. The van der Waals surface area contributed by atoms with E-state index in [2.05, 4.69) is 12.2 Å². The molecule has 22 heavy (non-hydrogen) atoms. The fourth-order valence-corrected chi connectivity index (χ4v) is 4.19. The van der Waals surface area contributed by atoms with Gasteiger partial charge in [0.05, 0.1) is 17.5 Å². The smallest absolute Gasteiger partial charge is 0.238 e. The minimum absolute atomic E-state index is 0.0694. The van der Waals surface area contributed by atoms with Crippen LogP contribution in [0.2, 0.25) is 0 Å². The first kappa shape index (κ1) is 13.4. The molecule has 4 nitrogen and oxygen atoms in total. The minimum atomic E-state index is -0.211. The molecule has 112 valence electrons. The fraction of sp³-hybridized carbons (Fsp3) is 0.389. The summed E-state index contributed by atoms with van der Waals surface area (Å²) in [5.74, 6) is -0.320. The van der Waals surface area contributed by atoms with Gasteiger partial charge in [-0.2, -0.15) is 0 Å². The first-order valence-corrected chi connectivity index (χ1v) is 7.75. The second-order valence-corrected chi connectivity index (χ2v) is 6.46. The van der Waals surface area contributed by atoms with E-state index in [4.69, 9.17) is 0 Å². The molecule has 0 spiro atoms. The third kappa shape index (κ3) is 1.73. The van der Waals surface area contributed by atoms with Gasteiger partial charge in [0, 0.05) is 5.56 Å². The zero-order valence-electron chi connectivity index (χ0n) is 12.4. The van der Waals surface area contributed by atoms with Gasteiger partial charge in [-0.15, -0.1) is 0 Å². The highest BCUT2D eigenvalue weighted by Crippen LogP contribution is 2.50. The predicted molar refractivity (Wildman–Crippen MR) is 81.3 cm³/mol. The number of nitrogens with zero attached hydrogens (tertiary/aromatic N) is 1. The summed E-state index contributed by atoms with van der Waals surface area (Å²) in [5, 5.41) is 0. The maximum atomic E-state index is 12.8. The zero-order chi connectivity index (χ0) is 15.4. The van der Waals surface area contributed by atoms with E-state index in [1.807, 2.05) is 0 Å². The number of benzene rings is 1. The highest BCUT2D eigenvalue weighted by molar-refractivity contribution is 6.22. The number of anilines is 1. The van der Waals surface area contributed by atoms with Gasteiger partial charge >= 0.3 is 0 Å². The number of carbonyl (C=O) groups is 3. The molecule has 3 aliphatic carbocycles. The number of fused-ring (bicyclic) bond motifs is 1. The molecule has 4 heteroatoms. The number of rotatable bonds is 2. The van der Waals surface area contributed by atoms with Gasteiger partial charge in [0.1, 0.15) is 0 Å². The van der Waals surface area contributed by atoms with Crippen molar-refractivity contribution in [3.8, 4) is 0 Å². The first-order chi connectivity index (χ1) is 10.6. The van der Waals surface area contributed by atoms with E-state index in [9.17, 15) is 14.4 Å². The average molecular weight is 295 g/mol. The molecule has 1 saturated heterocycles. The van der Waals surface area contributed by atoms with Crippen LogP contribution < -0.4 is 4.90 Å². The van der Waals surface area contributed by atoms with Crippen molar-refractivity contribution in [3.63, 3.8) is 0 Å². The van der Waals surface area contributed by atoms with Crippen LogP contribution in [0.25, 0.3) is 0 Å². The van der Waals surface area contributed by atoms with Gasteiger partial charge in [-0.3, -0.25) is 14.4 Å². The molecule has 1 aromatic carbocycles. The molecule has 0 aromatic heterocycles. The molecule has 0 radical (unpaired) electrons. The van der Waals surface area contributed by atoms with Crippen molar-refractivity contribution < 1.29 is 14.4 Å². The minimum Gasteiger partial charge on any atom is -0.295 e. The Morgan fingerprint density at radius 2 is 1.64 bits per heavy atom. The summed E-state index contributed by atoms with van der Waals surface area (Å²) in [5.41, 5.74) is 1.05. The molecule has 2 bridgehead atoms. The topological polar surface area (TPSA) is 54.5 Å². The quantitative estimate of drug-likeness (QED) is 0.479. The second kappa shape index (κ2) is 4.63. The van der Waals surface area contributed by atoms with E-state index < -0.39 is 0 Å². The first-order valence-electron chi connectivity index (χ1n) is 7.75. The molecule has 4 atom stereocenters. The third-order valence-electron chi connectivity index (χ3n) is 5.27. The monoisotopic (exact) mass is 295 g/mol. The lowest BCUT2D eigenvalue weighted by atomic mass is 9.63. The molecule has 1 heterocycles. The van der Waals surface area contributed by atoms with E-state index in [1.165, 1.54) is 11.8 Å². The summed E-state index contributed by atoms with van der Waals surface area (Å²) >= 11 is 0. The summed E-state index contributed by atoms with van der Waals surface area (Å²) in [6.07, 6.45) is 6.19. The lowest BCUT2D eigenvalue weighted by Gasteiger charge is -2.38. The summed E-state index contributed by atoms with van der Waals surface area (Å²) in [6, 6.07) is 6.80. The van der Waals surface area contributed by atoms with Crippen LogP contribution in [0.15, 0.2) is 36.4 Å². The van der Waals surface area contributed by atoms with Crippen LogP contribution in [0.1, 0.15) is 30.1 Å². The van der Waals surface area contributed by atoms with Crippen molar-refractivity contribution >= 4 is 23.3 Å². The highest BCUT2D eigenvalue weighted by Gasteiger charge is 2.56. The predicted octanol–water partition coefficient (Wildman–Crippen LogP) is 2.59. The molecule has 5 rings (SSSR count). The third-order valence-corrected chi connectivity index (χ3v) is 5.27. The van der Waals surface area contributed by atoms with E-state index in [-0.39, 0.29) is 41.3 Å². The van der Waals surface area contributed by atoms with Gasteiger partial charge in [-0.05, 0) is 43.7 Å². The van der Waals surface area contributed by atoms with Crippen molar-refractivity contribution in [2.75, 3.05) is 4.90 Å². The molecular formula is C18H17NO3. The number of carbonyl (C=O) groups excluding carboxylic acids is 3. The molecular weight excluding hydrogens is 278 g/mol. The van der Waals surface area contributed by atoms with Gasteiger partial charge in [0.15, 0.2) is 5.78 Å². The van der Waals surface area contributed by atoms with Crippen molar-refractivity contribution in [2.45, 2.75) is 19.8 Å². The van der Waals surface area contributed by atoms with Gasteiger partial charge in [-0.25, -0.2) is 4.90 Å². The van der Waals surface area contributed by atoms with Crippen molar-refractivity contribution in [1.82, 2.24) is 0 Å². The summed E-state index contributed by atoms with van der Waals surface area (Å²) in [4.78, 5) is 38.5. The Balaban J connectivity index is 1.75. The van der Waals surface area contributed by atoms with E-state index in [0.717, 1.165) is 12.8 Å². The molecule has 2 fully saturated rings. The molecule has 0 unspecified atom stereocenters. The lowest BCUT2D eigenvalue weighted by Crippen LogP contribution is -2.38. The fourth-order valence-electron chi connectivity index (χ4n) is 4.19. The molecule has 1 aliphatic heterocycles. The van der Waals surface area contributed by atoms with Crippen LogP contribution >= 0.6 is 0 Å². The van der Waals surface area contributed by atoms with Gasteiger partial charge in [0.2, 0.25) is 11.8 Å². The van der Waals surface area contributed by atoms with E-state index in [0.29, 0.717) is 11.3 Å². The molecule has 1 saturated carbocycles. The van der Waals surface area contributed by atoms with E-state index >= 15 is 0 Å². The molecule has 2 amide bonds. The summed E-state index contributed by atoms with van der Waals surface area (Å²) in [6.45, 7) is 1.48. The van der Waals surface area contributed by atoms with Crippen molar-refractivity contribution in [2.24, 2.45) is 23.7 Å². The van der Waals surface area contributed by atoms with Crippen molar-refractivity contribution in [3.05, 3.63) is 42.0 Å². The Kier molecular flexibility index (Phi) is 2.83. The van der Waals surface area contributed by atoms with Gasteiger partial charge in [-0.1, -0.05) is 24.3 Å². The number of amides is 2. The molecule has 4 aliphatic rings.